The lowest BCUT2D eigenvalue weighted by Gasteiger charge is -2.13. The van der Waals surface area contributed by atoms with E-state index in [2.05, 4.69) is 10.3 Å². The van der Waals surface area contributed by atoms with Crippen LogP contribution in [0.4, 0.5) is 13.2 Å². The minimum Gasteiger partial charge on any atom is -0.350 e. The van der Waals surface area contributed by atoms with Gasteiger partial charge in [-0.15, -0.1) is 0 Å². The fourth-order valence-corrected chi connectivity index (χ4v) is 3.39. The second-order valence-electron chi connectivity index (χ2n) is 6.82. The van der Waals surface area contributed by atoms with Crippen molar-refractivity contribution in [3.8, 4) is 5.69 Å². The quantitative estimate of drug-likeness (QED) is 0.531. The summed E-state index contributed by atoms with van der Waals surface area (Å²) in [5.41, 5.74) is 0.0951. The second-order valence-corrected chi connectivity index (χ2v) is 6.82. The third-order valence-corrected chi connectivity index (χ3v) is 4.81. The van der Waals surface area contributed by atoms with Crippen molar-refractivity contribution in [2.24, 2.45) is 0 Å². The van der Waals surface area contributed by atoms with Crippen LogP contribution in [-0.4, -0.2) is 20.0 Å². The normalized spacial score (nSPS) is 11.6. The Hall–Kier alpha value is -3.88. The number of hydrogen-bond acceptors (Lipinski definition) is 3. The minimum atomic E-state index is -4.52. The summed E-state index contributed by atoms with van der Waals surface area (Å²) in [5, 5.41) is 2.47. The second kappa shape index (κ2) is 8.10. The first-order valence-corrected chi connectivity index (χ1v) is 9.40. The Kier molecular flexibility index (Phi) is 5.33. The van der Waals surface area contributed by atoms with E-state index in [1.807, 2.05) is 6.07 Å². The van der Waals surface area contributed by atoms with Crippen LogP contribution in [0.15, 0.2) is 77.7 Å². The summed E-state index contributed by atoms with van der Waals surface area (Å²) in [4.78, 5) is 29.8. The number of halogens is 3. The Labute approximate surface area is 174 Å². The number of rotatable bonds is 5. The van der Waals surface area contributed by atoms with Crippen molar-refractivity contribution in [2.45, 2.75) is 19.3 Å². The Morgan fingerprint density at radius 1 is 0.968 bits per heavy atom. The van der Waals surface area contributed by atoms with Gasteiger partial charge in [0.15, 0.2) is 5.65 Å². The topological polar surface area (TPSA) is 68.9 Å². The predicted octanol–water partition coefficient (Wildman–Crippen LogP) is 3.52. The molecule has 158 valence electrons. The number of carbonyl (C=O) groups is 1. The van der Waals surface area contributed by atoms with E-state index < -0.39 is 23.3 Å². The van der Waals surface area contributed by atoms with Gasteiger partial charge in [0.2, 0.25) is 5.91 Å². The maximum absolute atomic E-state index is 13.1. The molecule has 9 heteroatoms. The Morgan fingerprint density at radius 3 is 2.42 bits per heavy atom. The van der Waals surface area contributed by atoms with Gasteiger partial charge >= 0.3 is 11.9 Å². The molecule has 0 bridgehead atoms. The molecule has 6 nitrogen and oxygen atoms in total. The molecule has 4 aromatic rings. The highest BCUT2D eigenvalue weighted by atomic mass is 19.4. The molecular formula is C22H17F3N4O2. The molecule has 0 spiro atoms. The van der Waals surface area contributed by atoms with E-state index in [0.717, 1.165) is 6.07 Å². The van der Waals surface area contributed by atoms with Crippen molar-refractivity contribution in [1.29, 1.82) is 0 Å². The van der Waals surface area contributed by atoms with Crippen molar-refractivity contribution in [3.63, 3.8) is 0 Å². The summed E-state index contributed by atoms with van der Waals surface area (Å²) >= 11 is 0. The smallest absolute Gasteiger partial charge is 0.350 e. The third kappa shape index (κ3) is 4.07. The van der Waals surface area contributed by atoms with E-state index >= 15 is 0 Å². The number of pyridine rings is 1. The molecule has 2 aromatic heterocycles. The van der Waals surface area contributed by atoms with Gasteiger partial charge in [0.05, 0.1) is 16.8 Å². The van der Waals surface area contributed by atoms with Crippen LogP contribution >= 0.6 is 0 Å². The van der Waals surface area contributed by atoms with Gasteiger partial charge in [-0.3, -0.25) is 9.36 Å². The fraction of sp³-hybridized carbons (Fsp3) is 0.136. The van der Waals surface area contributed by atoms with E-state index in [0.29, 0.717) is 16.9 Å². The summed E-state index contributed by atoms with van der Waals surface area (Å²) < 4.78 is 42.1. The van der Waals surface area contributed by atoms with Gasteiger partial charge in [-0.1, -0.05) is 36.4 Å². The highest BCUT2D eigenvalue weighted by Gasteiger charge is 2.32. The van der Waals surface area contributed by atoms with E-state index in [1.165, 1.54) is 27.3 Å². The van der Waals surface area contributed by atoms with Gasteiger partial charge in [0.25, 0.3) is 0 Å². The number of amides is 1. The molecule has 4 rings (SSSR count). The van der Waals surface area contributed by atoms with Crippen LogP contribution in [0, 0.1) is 0 Å². The maximum atomic E-state index is 13.1. The molecule has 0 fully saturated rings. The van der Waals surface area contributed by atoms with E-state index in [-0.39, 0.29) is 18.7 Å². The maximum Gasteiger partial charge on any atom is 0.416 e. The number of aromatic nitrogens is 3. The molecule has 31 heavy (non-hydrogen) atoms. The zero-order valence-corrected chi connectivity index (χ0v) is 16.1. The molecule has 1 N–H and O–H groups in total. The molecule has 0 saturated heterocycles. The number of nitrogens with zero attached hydrogens (tertiary/aromatic N) is 3. The molecule has 1 amide bonds. The third-order valence-electron chi connectivity index (χ3n) is 4.81. The van der Waals surface area contributed by atoms with Crippen molar-refractivity contribution < 1.29 is 18.0 Å². The number of hydrogen-bond donors (Lipinski definition) is 1. The number of imidazole rings is 1. The van der Waals surface area contributed by atoms with Gasteiger partial charge in [-0.05, 0) is 35.9 Å². The van der Waals surface area contributed by atoms with Crippen LogP contribution in [-0.2, 0) is 24.1 Å². The average Bonchev–Trinajstić information content (AvgIpc) is 3.04. The van der Waals surface area contributed by atoms with Gasteiger partial charge in [0, 0.05) is 12.7 Å². The van der Waals surface area contributed by atoms with Gasteiger partial charge in [-0.25, -0.2) is 14.3 Å². The fourth-order valence-electron chi connectivity index (χ4n) is 3.39. The summed E-state index contributed by atoms with van der Waals surface area (Å²) in [6.45, 7) is -0.659. The monoisotopic (exact) mass is 426 g/mol. The standard InChI is InChI=1S/C22H17F3N4O2/c23-22(24,25)17-10-5-4-7-15(17)13-27-19(30)14-28-18-11-6-12-26-20(18)29(21(28)31)16-8-2-1-3-9-16/h1-12H,13-14H2,(H,27,30). The molecule has 2 heterocycles. The molecule has 0 atom stereocenters. The number of nitrogens with one attached hydrogen (secondary N) is 1. The van der Waals surface area contributed by atoms with Crippen molar-refractivity contribution in [2.75, 3.05) is 0 Å². The summed E-state index contributed by atoms with van der Waals surface area (Å²) in [6.07, 6.45) is -2.98. The largest absolute Gasteiger partial charge is 0.416 e. The van der Waals surface area contributed by atoms with Crippen LogP contribution in [0.25, 0.3) is 16.9 Å². The van der Waals surface area contributed by atoms with Crippen LogP contribution in [0.1, 0.15) is 11.1 Å². The predicted molar refractivity (Wildman–Crippen MR) is 109 cm³/mol. The SMILES string of the molecule is O=C(Cn1c(=O)n(-c2ccccc2)c2ncccc21)NCc1ccccc1C(F)(F)F. The lowest BCUT2D eigenvalue weighted by Crippen LogP contribution is -2.33. The molecular weight excluding hydrogens is 409 g/mol. The molecule has 0 radical (unpaired) electrons. The molecule has 0 aliphatic rings. The van der Waals surface area contributed by atoms with Gasteiger partial charge in [-0.2, -0.15) is 13.2 Å². The minimum absolute atomic E-state index is 0.0518. The molecule has 0 unspecified atom stereocenters. The number of carbonyl (C=O) groups excluding carboxylic acids is 1. The molecule has 0 saturated carbocycles. The summed E-state index contributed by atoms with van der Waals surface area (Å²) in [7, 11) is 0. The van der Waals surface area contributed by atoms with Crippen molar-refractivity contribution in [3.05, 3.63) is 94.5 Å². The van der Waals surface area contributed by atoms with Crippen LogP contribution in [0.2, 0.25) is 0 Å². The summed E-state index contributed by atoms with van der Waals surface area (Å²) in [5.74, 6) is -0.588. The van der Waals surface area contributed by atoms with Crippen LogP contribution in [0.5, 0.6) is 0 Å². The Morgan fingerprint density at radius 2 is 1.68 bits per heavy atom. The number of alkyl halides is 3. The first kappa shape index (κ1) is 20.4. The number of fused-ring (bicyclic) bond motifs is 1. The zero-order valence-electron chi connectivity index (χ0n) is 16.1. The Bertz CT molecular complexity index is 1290. The first-order chi connectivity index (χ1) is 14.9. The molecule has 2 aromatic carbocycles. The zero-order chi connectivity index (χ0) is 22.0. The van der Waals surface area contributed by atoms with Gasteiger partial charge < -0.3 is 5.32 Å². The first-order valence-electron chi connectivity index (χ1n) is 9.40. The highest BCUT2D eigenvalue weighted by molar-refractivity contribution is 5.80. The van der Waals surface area contributed by atoms with E-state index in [1.54, 1.807) is 42.6 Å². The van der Waals surface area contributed by atoms with Crippen molar-refractivity contribution >= 4 is 17.1 Å². The molecule has 0 aliphatic heterocycles. The molecule has 0 aliphatic carbocycles. The lowest BCUT2D eigenvalue weighted by molar-refractivity contribution is -0.138. The summed E-state index contributed by atoms with van der Waals surface area (Å²) in [6, 6.07) is 17.2. The average molecular weight is 426 g/mol. The number of para-hydroxylation sites is 1. The highest BCUT2D eigenvalue weighted by Crippen LogP contribution is 2.31. The van der Waals surface area contributed by atoms with E-state index in [9.17, 15) is 22.8 Å². The number of benzene rings is 2. The Balaban J connectivity index is 1.61. The van der Waals surface area contributed by atoms with Crippen LogP contribution < -0.4 is 11.0 Å². The van der Waals surface area contributed by atoms with Crippen molar-refractivity contribution in [1.82, 2.24) is 19.4 Å². The van der Waals surface area contributed by atoms with Gasteiger partial charge in [0.1, 0.15) is 6.54 Å². The van der Waals surface area contributed by atoms with Crippen LogP contribution in [0.3, 0.4) is 0 Å². The lowest BCUT2D eigenvalue weighted by atomic mass is 10.1. The van der Waals surface area contributed by atoms with E-state index in [4.69, 9.17) is 0 Å².